The van der Waals surface area contributed by atoms with E-state index in [2.05, 4.69) is 106 Å². The number of esters is 3. The van der Waals surface area contributed by atoms with Crippen LogP contribution in [-0.4, -0.2) is 89.2 Å². The molecule has 6 unspecified atom stereocenters. The second kappa shape index (κ2) is 44.8. The lowest BCUT2D eigenvalue weighted by Gasteiger charge is -2.40. The van der Waals surface area contributed by atoms with Crippen LogP contribution in [0.1, 0.15) is 188 Å². The smallest absolute Gasteiger partial charge is 0.335 e. The highest BCUT2D eigenvalue weighted by atomic mass is 16.7. The van der Waals surface area contributed by atoms with Gasteiger partial charge in [-0.05, 0) is 96.3 Å². The average Bonchev–Trinajstić information content (AvgIpc) is 3.33. The first-order chi connectivity index (χ1) is 33.6. The van der Waals surface area contributed by atoms with E-state index in [0.29, 0.717) is 19.3 Å². The van der Waals surface area contributed by atoms with E-state index in [0.717, 1.165) is 128 Å². The second-order valence-electron chi connectivity index (χ2n) is 17.4. The number of carbonyl (C=O) groups is 4. The number of carboxylic acids is 1. The largest absolute Gasteiger partial charge is 0.479 e. The Balaban J connectivity index is 2.80. The molecule has 0 spiro atoms. The Hall–Kier alpha value is -4.36. The molecular formula is C57H90O12. The van der Waals surface area contributed by atoms with Gasteiger partial charge < -0.3 is 39.0 Å². The van der Waals surface area contributed by atoms with E-state index in [1.165, 1.54) is 0 Å². The van der Waals surface area contributed by atoms with Gasteiger partial charge in [0.05, 0.1) is 6.61 Å². The van der Waals surface area contributed by atoms with Crippen LogP contribution in [0.5, 0.6) is 0 Å². The van der Waals surface area contributed by atoms with Crippen LogP contribution in [0.25, 0.3) is 0 Å². The topological polar surface area (TPSA) is 175 Å². The molecule has 6 atom stereocenters. The van der Waals surface area contributed by atoms with Gasteiger partial charge in [-0.3, -0.25) is 14.4 Å². The van der Waals surface area contributed by atoms with Crippen LogP contribution in [0, 0.1) is 0 Å². The van der Waals surface area contributed by atoms with Crippen molar-refractivity contribution in [2.24, 2.45) is 0 Å². The number of carbonyl (C=O) groups excluding carboxylic acids is 3. The molecule has 0 amide bonds. The van der Waals surface area contributed by atoms with Crippen molar-refractivity contribution in [2.75, 3.05) is 13.2 Å². The van der Waals surface area contributed by atoms with Crippen molar-refractivity contribution in [3.8, 4) is 0 Å². The SMILES string of the molecule is CC/C=C\C/C=C\C/C=C\C/C=C\CCC(=O)OCC(COC1OC(C(=O)O)C(O)C(O)C1OC(=O)CCCCCCC/C=C\C/C=C\CCC)OC(=O)CCCCCCC/C=C\C/C=C\CCC. The van der Waals surface area contributed by atoms with Crippen molar-refractivity contribution in [1.29, 1.82) is 0 Å². The van der Waals surface area contributed by atoms with Gasteiger partial charge in [-0.1, -0.05) is 169 Å². The summed E-state index contributed by atoms with van der Waals surface area (Å²) < 4.78 is 28.2. The van der Waals surface area contributed by atoms with Gasteiger partial charge in [-0.15, -0.1) is 0 Å². The number of ether oxygens (including phenoxy) is 5. The van der Waals surface area contributed by atoms with Crippen molar-refractivity contribution in [3.05, 3.63) is 97.2 Å². The van der Waals surface area contributed by atoms with Gasteiger partial charge in [-0.2, -0.15) is 0 Å². The molecule has 1 heterocycles. The fraction of sp³-hybridized carbons (Fsp3) is 0.649. The number of hydrogen-bond donors (Lipinski definition) is 3. The number of carboxylic acid groups (broad SMARTS) is 1. The molecule has 3 N–H and O–H groups in total. The van der Waals surface area contributed by atoms with Crippen molar-refractivity contribution in [2.45, 2.75) is 225 Å². The summed E-state index contributed by atoms with van der Waals surface area (Å²) in [6, 6.07) is 0. The summed E-state index contributed by atoms with van der Waals surface area (Å²) in [5, 5.41) is 31.3. The number of hydrogen-bond acceptors (Lipinski definition) is 11. The Morgan fingerprint density at radius 1 is 0.493 bits per heavy atom. The highest BCUT2D eigenvalue weighted by Gasteiger charge is 2.50. The Bertz CT molecular complexity index is 1570. The van der Waals surface area contributed by atoms with E-state index >= 15 is 0 Å². The highest BCUT2D eigenvalue weighted by Crippen LogP contribution is 2.26. The minimum Gasteiger partial charge on any atom is -0.479 e. The second-order valence-corrected chi connectivity index (χ2v) is 17.4. The Morgan fingerprint density at radius 2 is 0.942 bits per heavy atom. The number of aliphatic carboxylic acids is 1. The van der Waals surface area contributed by atoms with Crippen LogP contribution in [-0.2, 0) is 42.9 Å². The Morgan fingerprint density at radius 3 is 1.45 bits per heavy atom. The number of aliphatic hydroxyl groups excluding tert-OH is 2. The maximum Gasteiger partial charge on any atom is 0.335 e. The fourth-order valence-corrected chi connectivity index (χ4v) is 7.10. The predicted octanol–water partition coefficient (Wildman–Crippen LogP) is 12.6. The van der Waals surface area contributed by atoms with Gasteiger partial charge >= 0.3 is 23.9 Å². The van der Waals surface area contributed by atoms with Crippen molar-refractivity contribution >= 4 is 23.9 Å². The van der Waals surface area contributed by atoms with Crippen LogP contribution in [0.3, 0.4) is 0 Å². The number of allylic oxidation sites excluding steroid dienone is 16. The average molecular weight is 967 g/mol. The predicted molar refractivity (Wildman–Crippen MR) is 275 cm³/mol. The third-order valence-electron chi connectivity index (χ3n) is 11.1. The standard InChI is InChI=1S/C57H90O12/c1-4-7-10-13-16-19-22-25-28-31-34-37-40-43-49(58)65-46-48(67-50(59)44-41-38-35-32-29-26-23-20-17-14-11-8-5-2)47-66-57-55(53(62)52(61)54(69-57)56(63)64)68-51(60)45-42-39-36-33-30-27-24-21-18-15-12-9-6-3/h7,10-12,14-16,19-21,23-25,28,34,37,48,52-55,57,61-62H,4-6,8-9,13,17-18,22,26-27,29-33,35-36,38-47H2,1-3H3,(H,63,64)/b10-7-,14-11-,15-12-,19-16-,23-20-,24-21-,28-25-,37-34-. The minimum atomic E-state index is -1.92. The molecule has 0 aromatic heterocycles. The van der Waals surface area contributed by atoms with Gasteiger partial charge in [0.1, 0.15) is 18.8 Å². The molecule has 1 saturated heterocycles. The van der Waals surface area contributed by atoms with Crippen molar-refractivity contribution in [1.82, 2.24) is 0 Å². The number of rotatable bonds is 42. The highest BCUT2D eigenvalue weighted by molar-refractivity contribution is 5.74. The summed E-state index contributed by atoms with van der Waals surface area (Å²) in [7, 11) is 0. The van der Waals surface area contributed by atoms with Crippen LogP contribution in [0.15, 0.2) is 97.2 Å². The quantitative estimate of drug-likeness (QED) is 0.0229. The molecule has 0 aromatic carbocycles. The van der Waals surface area contributed by atoms with Crippen molar-refractivity contribution in [3.63, 3.8) is 0 Å². The van der Waals surface area contributed by atoms with Gasteiger partial charge in [0.15, 0.2) is 24.6 Å². The van der Waals surface area contributed by atoms with E-state index < -0.39 is 67.3 Å². The third-order valence-corrected chi connectivity index (χ3v) is 11.1. The molecule has 0 aromatic rings. The summed E-state index contributed by atoms with van der Waals surface area (Å²) in [5.41, 5.74) is 0. The fourth-order valence-electron chi connectivity index (χ4n) is 7.10. The van der Waals surface area contributed by atoms with E-state index in [9.17, 15) is 34.5 Å². The minimum absolute atomic E-state index is 0.0313. The Labute approximate surface area is 415 Å². The first-order valence-corrected chi connectivity index (χ1v) is 26.2. The van der Waals surface area contributed by atoms with Crippen LogP contribution < -0.4 is 0 Å². The van der Waals surface area contributed by atoms with Gasteiger partial charge in [0, 0.05) is 19.3 Å². The molecule has 1 rings (SSSR count). The van der Waals surface area contributed by atoms with E-state index in [4.69, 9.17) is 23.7 Å². The van der Waals surface area contributed by atoms with Crippen LogP contribution >= 0.6 is 0 Å². The molecule has 0 aliphatic carbocycles. The number of aliphatic hydroxyl groups is 2. The third kappa shape index (κ3) is 35.4. The molecule has 12 nitrogen and oxygen atoms in total. The molecule has 1 aliphatic heterocycles. The number of unbranched alkanes of at least 4 members (excludes halogenated alkanes) is 12. The molecule has 390 valence electrons. The summed E-state index contributed by atoms with van der Waals surface area (Å²) >= 11 is 0. The lowest BCUT2D eigenvalue weighted by Crippen LogP contribution is -2.61. The van der Waals surface area contributed by atoms with E-state index in [-0.39, 0.29) is 25.9 Å². The van der Waals surface area contributed by atoms with Crippen LogP contribution in [0.4, 0.5) is 0 Å². The zero-order valence-electron chi connectivity index (χ0n) is 42.5. The maximum absolute atomic E-state index is 13.1. The summed E-state index contributed by atoms with van der Waals surface area (Å²) in [6.45, 7) is 5.62. The molecule has 1 aliphatic rings. The van der Waals surface area contributed by atoms with Gasteiger partial charge in [0.25, 0.3) is 0 Å². The molecule has 69 heavy (non-hydrogen) atoms. The normalized spacial score (nSPS) is 19.5. The summed E-state index contributed by atoms with van der Waals surface area (Å²) in [5.74, 6) is -3.28. The van der Waals surface area contributed by atoms with Crippen LogP contribution in [0.2, 0.25) is 0 Å². The zero-order chi connectivity index (χ0) is 50.4. The molecule has 1 fully saturated rings. The Kier molecular flexibility index (Phi) is 40.7. The van der Waals surface area contributed by atoms with E-state index in [1.807, 2.05) is 12.2 Å². The zero-order valence-corrected chi connectivity index (χ0v) is 42.5. The van der Waals surface area contributed by atoms with Gasteiger partial charge in [-0.25, -0.2) is 4.79 Å². The lowest BCUT2D eigenvalue weighted by molar-refractivity contribution is -0.301. The molecule has 0 radical (unpaired) electrons. The van der Waals surface area contributed by atoms with Gasteiger partial charge in [0.2, 0.25) is 0 Å². The molecule has 0 bridgehead atoms. The molecular weight excluding hydrogens is 877 g/mol. The van der Waals surface area contributed by atoms with E-state index in [1.54, 1.807) is 0 Å². The molecule has 12 heteroatoms. The maximum atomic E-state index is 13.1. The first kappa shape index (κ1) is 62.7. The first-order valence-electron chi connectivity index (χ1n) is 26.2. The monoisotopic (exact) mass is 967 g/mol. The summed E-state index contributed by atoms with van der Waals surface area (Å²) in [6.07, 6.45) is 45.5. The lowest BCUT2D eigenvalue weighted by atomic mass is 9.98. The molecule has 0 saturated carbocycles. The summed E-state index contributed by atoms with van der Waals surface area (Å²) in [4.78, 5) is 50.8. The van der Waals surface area contributed by atoms with Crippen molar-refractivity contribution < 1.29 is 58.2 Å².